The van der Waals surface area contributed by atoms with Crippen molar-refractivity contribution in [3.05, 3.63) is 118 Å². The van der Waals surface area contributed by atoms with Crippen molar-refractivity contribution in [3.8, 4) is 0 Å². The smallest absolute Gasteiger partial charge is 0.313 e. The number of benzene rings is 3. The van der Waals surface area contributed by atoms with Crippen molar-refractivity contribution < 1.29 is 27.2 Å². The maximum atomic E-state index is 13.3. The minimum Gasteiger partial charge on any atom is -0.458 e. The molecular formula is C29H25Cl2N5O6S. The molecule has 0 fully saturated rings. The highest BCUT2D eigenvalue weighted by Gasteiger charge is 2.27. The Labute approximate surface area is 257 Å². The molecule has 0 aliphatic rings. The van der Waals surface area contributed by atoms with Gasteiger partial charge in [0.2, 0.25) is 10.0 Å². The van der Waals surface area contributed by atoms with E-state index in [-0.39, 0.29) is 23.7 Å². The van der Waals surface area contributed by atoms with Gasteiger partial charge in [-0.05, 0) is 60.2 Å². The number of hydrogen-bond donors (Lipinski definition) is 3. The second kappa shape index (κ2) is 14.6. The summed E-state index contributed by atoms with van der Waals surface area (Å²) in [6, 6.07) is 24.0. The summed E-state index contributed by atoms with van der Waals surface area (Å²) >= 11 is 11.8. The Kier molecular flexibility index (Phi) is 10.7. The van der Waals surface area contributed by atoms with E-state index >= 15 is 0 Å². The molecule has 14 heteroatoms. The number of nitrogens with one attached hydrogen (secondary N) is 3. The lowest BCUT2D eigenvalue weighted by atomic mass is 10.2. The van der Waals surface area contributed by atoms with Crippen molar-refractivity contribution in [2.24, 2.45) is 5.10 Å². The zero-order valence-corrected chi connectivity index (χ0v) is 24.7. The first-order valence-corrected chi connectivity index (χ1v) is 14.8. The van der Waals surface area contributed by atoms with E-state index in [0.29, 0.717) is 27.1 Å². The van der Waals surface area contributed by atoms with Gasteiger partial charge in [0.25, 0.3) is 5.91 Å². The third-order valence-corrected chi connectivity index (χ3v) is 8.04. The van der Waals surface area contributed by atoms with Gasteiger partial charge in [0.05, 0.1) is 24.2 Å². The Bertz CT molecular complexity index is 1730. The molecule has 0 aliphatic carbocycles. The van der Waals surface area contributed by atoms with Crippen LogP contribution in [0.15, 0.2) is 105 Å². The first-order valence-electron chi connectivity index (χ1n) is 12.6. The van der Waals surface area contributed by atoms with Gasteiger partial charge in [-0.3, -0.25) is 14.4 Å². The molecule has 11 nitrogen and oxygen atoms in total. The topological polar surface area (TPSA) is 150 Å². The van der Waals surface area contributed by atoms with Gasteiger partial charge in [-0.2, -0.15) is 9.41 Å². The van der Waals surface area contributed by atoms with Gasteiger partial charge in [-0.1, -0.05) is 59.6 Å². The van der Waals surface area contributed by atoms with Crippen LogP contribution in [0.3, 0.4) is 0 Å². The summed E-state index contributed by atoms with van der Waals surface area (Å²) in [6.45, 7) is -0.643. The SMILES string of the molecule is O=C(CN(Cc1ccccc1)S(=O)(=O)c1ccc(Cl)cc1)N/N=C\c1ccc(CNC(=O)C(=O)Nc2cccc(Cl)c2)o1. The van der Waals surface area contributed by atoms with Gasteiger partial charge in [-0.25, -0.2) is 13.8 Å². The number of anilines is 1. The zero-order valence-electron chi connectivity index (χ0n) is 22.4. The van der Waals surface area contributed by atoms with E-state index in [0.717, 1.165) is 4.31 Å². The van der Waals surface area contributed by atoms with Crippen LogP contribution in [-0.4, -0.2) is 43.2 Å². The number of hydrazone groups is 1. The third-order valence-electron chi connectivity index (χ3n) is 5.75. The predicted molar refractivity (Wildman–Crippen MR) is 162 cm³/mol. The van der Waals surface area contributed by atoms with Crippen molar-refractivity contribution >= 4 is 62.8 Å². The average Bonchev–Trinajstić information content (AvgIpc) is 3.44. The third kappa shape index (κ3) is 9.25. The van der Waals surface area contributed by atoms with Crippen LogP contribution in [0, 0.1) is 0 Å². The minimum atomic E-state index is -4.05. The second-order valence-corrected chi connectivity index (χ2v) is 11.8. The van der Waals surface area contributed by atoms with Crippen molar-refractivity contribution in [2.75, 3.05) is 11.9 Å². The zero-order chi connectivity index (χ0) is 30.8. The Morgan fingerprint density at radius 1 is 0.860 bits per heavy atom. The van der Waals surface area contributed by atoms with E-state index < -0.39 is 34.3 Å². The highest BCUT2D eigenvalue weighted by atomic mass is 35.5. The van der Waals surface area contributed by atoms with Gasteiger partial charge >= 0.3 is 11.8 Å². The lowest BCUT2D eigenvalue weighted by Gasteiger charge is -2.21. The number of halogens is 2. The highest BCUT2D eigenvalue weighted by molar-refractivity contribution is 7.89. The van der Waals surface area contributed by atoms with Crippen LogP contribution in [-0.2, 0) is 37.5 Å². The molecule has 0 aliphatic heterocycles. The Hall–Kier alpha value is -4.49. The first-order chi connectivity index (χ1) is 20.6. The number of nitrogens with zero attached hydrogens (tertiary/aromatic N) is 2. The molecule has 1 heterocycles. The van der Waals surface area contributed by atoms with Crippen molar-refractivity contribution in [3.63, 3.8) is 0 Å². The van der Waals surface area contributed by atoms with Crippen LogP contribution < -0.4 is 16.1 Å². The second-order valence-electron chi connectivity index (χ2n) is 8.96. The van der Waals surface area contributed by atoms with Gasteiger partial charge in [0.1, 0.15) is 11.5 Å². The first kappa shape index (κ1) is 31.4. The molecule has 0 unspecified atom stereocenters. The summed E-state index contributed by atoms with van der Waals surface area (Å²) in [5.74, 6) is -1.89. The van der Waals surface area contributed by atoms with Crippen LogP contribution in [0.2, 0.25) is 10.0 Å². The number of hydrogen-bond acceptors (Lipinski definition) is 7. The maximum Gasteiger partial charge on any atom is 0.313 e. The van der Waals surface area contributed by atoms with Gasteiger partial charge in [0.15, 0.2) is 0 Å². The van der Waals surface area contributed by atoms with E-state index in [1.54, 1.807) is 54.6 Å². The normalized spacial score (nSPS) is 11.4. The number of carbonyl (C=O) groups is 3. The van der Waals surface area contributed by atoms with Crippen LogP contribution in [0.25, 0.3) is 0 Å². The standard InChI is InChI=1S/C29H25Cl2N5O6S/c30-21-9-13-26(14-10-21)43(40,41)36(18-20-5-2-1-3-6-20)19-27(37)35-33-17-25-12-11-24(42-25)16-32-28(38)29(39)34-23-8-4-7-22(31)15-23/h1-15,17H,16,18-19H2,(H,32,38)(H,34,39)(H,35,37)/b33-17-. The molecule has 4 rings (SSSR count). The largest absolute Gasteiger partial charge is 0.458 e. The van der Waals surface area contributed by atoms with E-state index in [1.165, 1.54) is 42.6 Å². The highest BCUT2D eigenvalue weighted by Crippen LogP contribution is 2.20. The monoisotopic (exact) mass is 641 g/mol. The fourth-order valence-electron chi connectivity index (χ4n) is 3.69. The molecule has 43 heavy (non-hydrogen) atoms. The summed E-state index contributed by atoms with van der Waals surface area (Å²) in [5, 5.41) is 9.49. The van der Waals surface area contributed by atoms with Gasteiger partial charge < -0.3 is 15.1 Å². The summed E-state index contributed by atoms with van der Waals surface area (Å²) in [7, 11) is -4.05. The molecule has 0 radical (unpaired) electrons. The van der Waals surface area contributed by atoms with Gasteiger partial charge in [-0.15, -0.1) is 0 Å². The number of carbonyl (C=O) groups excluding carboxylic acids is 3. The molecule has 1 aromatic heterocycles. The van der Waals surface area contributed by atoms with Crippen LogP contribution in [0.5, 0.6) is 0 Å². The van der Waals surface area contributed by atoms with Crippen LogP contribution >= 0.6 is 23.2 Å². The Balaban J connectivity index is 1.32. The Morgan fingerprint density at radius 3 is 2.33 bits per heavy atom. The molecule has 0 saturated carbocycles. The fraction of sp³-hybridized carbons (Fsp3) is 0.103. The minimum absolute atomic E-state index is 0.0127. The maximum absolute atomic E-state index is 13.3. The van der Waals surface area contributed by atoms with E-state index in [2.05, 4.69) is 21.2 Å². The summed E-state index contributed by atoms with van der Waals surface area (Å²) in [5.41, 5.74) is 3.35. The number of amides is 3. The van der Waals surface area contributed by atoms with E-state index in [1.807, 2.05) is 0 Å². The number of furan rings is 1. The number of rotatable bonds is 11. The fourth-order valence-corrected chi connectivity index (χ4v) is 5.39. The van der Waals surface area contributed by atoms with E-state index in [9.17, 15) is 22.8 Å². The lowest BCUT2D eigenvalue weighted by molar-refractivity contribution is -0.136. The molecule has 0 spiro atoms. The molecule has 3 amide bonds. The molecule has 0 saturated heterocycles. The quantitative estimate of drug-likeness (QED) is 0.127. The summed E-state index contributed by atoms with van der Waals surface area (Å²) < 4.78 is 33.2. The molecule has 0 atom stereocenters. The number of sulfonamides is 1. The molecule has 4 aromatic rings. The lowest BCUT2D eigenvalue weighted by Crippen LogP contribution is -2.39. The van der Waals surface area contributed by atoms with Crippen LogP contribution in [0.4, 0.5) is 5.69 Å². The predicted octanol–water partition coefficient (Wildman–Crippen LogP) is 4.18. The summed E-state index contributed by atoms with van der Waals surface area (Å²) in [6.07, 6.45) is 1.21. The molecule has 3 aromatic carbocycles. The molecule has 222 valence electrons. The molecular weight excluding hydrogens is 617 g/mol. The van der Waals surface area contributed by atoms with Gasteiger partial charge in [0, 0.05) is 22.3 Å². The van der Waals surface area contributed by atoms with Crippen molar-refractivity contribution in [1.82, 2.24) is 15.0 Å². The van der Waals surface area contributed by atoms with E-state index in [4.69, 9.17) is 27.6 Å². The Morgan fingerprint density at radius 2 is 1.60 bits per heavy atom. The molecule has 3 N–H and O–H groups in total. The average molecular weight is 643 g/mol. The van der Waals surface area contributed by atoms with Crippen molar-refractivity contribution in [1.29, 1.82) is 0 Å². The van der Waals surface area contributed by atoms with Crippen LogP contribution in [0.1, 0.15) is 17.1 Å². The van der Waals surface area contributed by atoms with Crippen molar-refractivity contribution in [2.45, 2.75) is 18.0 Å². The summed E-state index contributed by atoms with van der Waals surface area (Å²) in [4.78, 5) is 36.9. The molecule has 0 bridgehead atoms.